The highest BCUT2D eigenvalue weighted by Gasteiger charge is 2.15. The van der Waals surface area contributed by atoms with Gasteiger partial charge in [0.05, 0.1) is 6.26 Å². The van der Waals surface area contributed by atoms with E-state index in [9.17, 15) is 13.2 Å². The van der Waals surface area contributed by atoms with Gasteiger partial charge in [0.25, 0.3) is 0 Å². The molecule has 0 aliphatic heterocycles. The Labute approximate surface area is 173 Å². The zero-order valence-corrected chi connectivity index (χ0v) is 18.1. The van der Waals surface area contributed by atoms with Gasteiger partial charge in [0.15, 0.2) is 0 Å². The van der Waals surface area contributed by atoms with E-state index in [-0.39, 0.29) is 11.8 Å². The zero-order chi connectivity index (χ0) is 20.6. The lowest BCUT2D eigenvalue weighted by molar-refractivity contribution is 0.171. The zero-order valence-electron chi connectivity index (χ0n) is 15.7. The van der Waals surface area contributed by atoms with E-state index in [0.29, 0.717) is 31.8 Å². The van der Waals surface area contributed by atoms with Crippen LogP contribution in [0.4, 0.5) is 10.5 Å². The number of methoxy groups -OCH3 is 1. The minimum Gasteiger partial charge on any atom is -0.385 e. The molecule has 0 radical (unpaired) electrons. The molecular weight excluding hydrogens is 448 g/mol. The highest BCUT2D eigenvalue weighted by atomic mass is 79.9. The lowest BCUT2D eigenvalue weighted by Gasteiger charge is -2.23. The molecule has 0 aliphatic rings. The number of nitrogens with zero attached hydrogens (tertiary/aromatic N) is 1. The summed E-state index contributed by atoms with van der Waals surface area (Å²) in [5.74, 6) is 0.232. The molecule has 2 rings (SSSR count). The minimum atomic E-state index is -3.57. The second-order valence-corrected chi connectivity index (χ2v) is 8.63. The molecule has 28 heavy (non-hydrogen) atoms. The van der Waals surface area contributed by atoms with Crippen molar-refractivity contribution in [3.05, 3.63) is 58.6 Å². The summed E-state index contributed by atoms with van der Waals surface area (Å²) in [6.45, 7) is 1.42. The molecule has 0 unspecified atom stereocenters. The molecular formula is C19H23BrN2O5S. The van der Waals surface area contributed by atoms with Crippen LogP contribution in [0.25, 0.3) is 0 Å². The Kier molecular flexibility index (Phi) is 8.28. The quantitative estimate of drug-likeness (QED) is 0.444. The second kappa shape index (κ2) is 10.4. The molecule has 0 bridgehead atoms. The Morgan fingerprint density at radius 1 is 1.18 bits per heavy atom. The third kappa shape index (κ3) is 7.87. The van der Waals surface area contributed by atoms with Crippen molar-refractivity contribution in [3.8, 4) is 5.75 Å². The average Bonchev–Trinajstić information content (AvgIpc) is 2.61. The first-order chi connectivity index (χ1) is 13.3. The number of rotatable bonds is 9. The van der Waals surface area contributed by atoms with E-state index in [1.807, 2.05) is 24.3 Å². The largest absolute Gasteiger partial charge is 0.385 e. The standard InChI is InChI=1S/C19H23BrN2O5S/c1-26-12-4-11-22(19(23)21-17-6-3-5-16(20)13-17)14-15-7-9-18(10-8-15)27-28(2,24)25/h3,5-10,13H,4,11-12,14H2,1-2H3,(H,21,23). The van der Waals surface area contributed by atoms with Crippen molar-refractivity contribution >= 4 is 37.8 Å². The van der Waals surface area contributed by atoms with Crippen LogP contribution in [0.15, 0.2) is 53.0 Å². The number of ether oxygens (including phenoxy) is 1. The molecule has 0 aliphatic carbocycles. The lowest BCUT2D eigenvalue weighted by atomic mass is 10.2. The second-order valence-electron chi connectivity index (χ2n) is 6.14. The van der Waals surface area contributed by atoms with Crippen LogP contribution in [-0.2, 0) is 21.4 Å². The smallest absolute Gasteiger partial charge is 0.322 e. The van der Waals surface area contributed by atoms with Crippen molar-refractivity contribution in [2.45, 2.75) is 13.0 Å². The number of anilines is 1. The van der Waals surface area contributed by atoms with Gasteiger partial charge in [-0.25, -0.2) is 4.79 Å². The Balaban J connectivity index is 2.08. The minimum absolute atomic E-state index is 0.231. The number of urea groups is 1. The van der Waals surface area contributed by atoms with Gasteiger partial charge in [-0.15, -0.1) is 0 Å². The molecule has 1 N–H and O–H groups in total. The third-order valence-corrected chi connectivity index (χ3v) is 4.67. The van der Waals surface area contributed by atoms with E-state index < -0.39 is 10.1 Å². The fraction of sp³-hybridized carbons (Fsp3) is 0.316. The summed E-state index contributed by atoms with van der Waals surface area (Å²) >= 11 is 3.39. The summed E-state index contributed by atoms with van der Waals surface area (Å²) in [5, 5.41) is 2.88. The molecule has 0 atom stereocenters. The van der Waals surface area contributed by atoms with E-state index in [2.05, 4.69) is 21.2 Å². The van der Waals surface area contributed by atoms with E-state index in [1.165, 1.54) is 0 Å². The lowest BCUT2D eigenvalue weighted by Crippen LogP contribution is -2.35. The van der Waals surface area contributed by atoms with Crippen LogP contribution in [0.1, 0.15) is 12.0 Å². The predicted molar refractivity (Wildman–Crippen MR) is 112 cm³/mol. The number of halogens is 1. The van der Waals surface area contributed by atoms with Crippen molar-refractivity contribution in [2.75, 3.05) is 31.8 Å². The first-order valence-electron chi connectivity index (χ1n) is 8.55. The van der Waals surface area contributed by atoms with Crippen LogP contribution in [-0.4, -0.2) is 45.9 Å². The van der Waals surface area contributed by atoms with Crippen LogP contribution < -0.4 is 9.50 Å². The van der Waals surface area contributed by atoms with Gasteiger partial charge in [-0.2, -0.15) is 8.42 Å². The Hall–Kier alpha value is -2.10. The first kappa shape index (κ1) is 22.2. The molecule has 2 amide bonds. The van der Waals surface area contributed by atoms with Gasteiger partial charge < -0.3 is 19.1 Å². The summed E-state index contributed by atoms with van der Waals surface area (Å²) < 4.78 is 33.2. The topological polar surface area (TPSA) is 84.9 Å². The van der Waals surface area contributed by atoms with Gasteiger partial charge in [0.1, 0.15) is 5.75 Å². The maximum atomic E-state index is 12.7. The average molecular weight is 471 g/mol. The molecule has 0 aromatic heterocycles. The monoisotopic (exact) mass is 470 g/mol. The highest BCUT2D eigenvalue weighted by Crippen LogP contribution is 2.18. The molecule has 152 valence electrons. The van der Waals surface area contributed by atoms with Crippen molar-refractivity contribution in [3.63, 3.8) is 0 Å². The van der Waals surface area contributed by atoms with Crippen LogP contribution in [0, 0.1) is 0 Å². The number of benzene rings is 2. The SMILES string of the molecule is COCCCN(Cc1ccc(OS(C)(=O)=O)cc1)C(=O)Nc1cccc(Br)c1. The van der Waals surface area contributed by atoms with E-state index in [0.717, 1.165) is 16.3 Å². The highest BCUT2D eigenvalue weighted by molar-refractivity contribution is 9.10. The Morgan fingerprint density at radius 3 is 2.50 bits per heavy atom. The van der Waals surface area contributed by atoms with Gasteiger partial charge in [-0.1, -0.05) is 34.1 Å². The summed E-state index contributed by atoms with van der Waals surface area (Å²) in [7, 11) is -1.95. The molecule has 0 spiro atoms. The fourth-order valence-corrected chi connectivity index (χ4v) is 3.33. The molecule has 0 saturated heterocycles. The molecule has 0 heterocycles. The van der Waals surface area contributed by atoms with Crippen molar-refractivity contribution in [1.82, 2.24) is 4.90 Å². The number of hydrogen-bond acceptors (Lipinski definition) is 5. The molecule has 9 heteroatoms. The van der Waals surface area contributed by atoms with Crippen LogP contribution in [0.5, 0.6) is 5.75 Å². The summed E-state index contributed by atoms with van der Waals surface area (Å²) in [6, 6.07) is 13.7. The predicted octanol–water partition coefficient (Wildman–Crippen LogP) is 3.86. The van der Waals surface area contributed by atoms with Gasteiger partial charge in [-0.3, -0.25) is 0 Å². The van der Waals surface area contributed by atoms with E-state index in [4.69, 9.17) is 8.92 Å². The van der Waals surface area contributed by atoms with Gasteiger partial charge in [-0.05, 0) is 42.3 Å². The normalized spacial score (nSPS) is 11.1. The molecule has 0 saturated carbocycles. The van der Waals surface area contributed by atoms with Gasteiger partial charge >= 0.3 is 16.1 Å². The van der Waals surface area contributed by atoms with Crippen molar-refractivity contribution in [2.24, 2.45) is 0 Å². The first-order valence-corrected chi connectivity index (χ1v) is 11.2. The van der Waals surface area contributed by atoms with E-state index >= 15 is 0 Å². The Morgan fingerprint density at radius 2 is 1.89 bits per heavy atom. The Bertz CT molecular complexity index is 887. The number of amides is 2. The summed E-state index contributed by atoms with van der Waals surface area (Å²) in [5.41, 5.74) is 1.54. The number of carbonyl (C=O) groups excluding carboxylic acids is 1. The molecule has 7 nitrogen and oxygen atoms in total. The van der Waals surface area contributed by atoms with Crippen LogP contribution in [0.3, 0.4) is 0 Å². The molecule has 0 fully saturated rings. The fourth-order valence-electron chi connectivity index (χ4n) is 2.47. The van der Waals surface area contributed by atoms with Crippen molar-refractivity contribution in [1.29, 1.82) is 0 Å². The van der Waals surface area contributed by atoms with Gasteiger partial charge in [0, 0.05) is 37.0 Å². The maximum Gasteiger partial charge on any atom is 0.322 e. The van der Waals surface area contributed by atoms with Crippen LogP contribution in [0.2, 0.25) is 0 Å². The summed E-state index contributed by atoms with van der Waals surface area (Å²) in [4.78, 5) is 14.4. The maximum absolute atomic E-state index is 12.7. The molecule has 2 aromatic carbocycles. The molecule has 2 aromatic rings. The van der Waals surface area contributed by atoms with Crippen molar-refractivity contribution < 1.29 is 22.1 Å². The number of nitrogens with one attached hydrogen (secondary N) is 1. The number of hydrogen-bond donors (Lipinski definition) is 1. The van der Waals surface area contributed by atoms with E-state index in [1.54, 1.807) is 36.3 Å². The summed E-state index contributed by atoms with van der Waals surface area (Å²) in [6.07, 6.45) is 1.68. The van der Waals surface area contributed by atoms with Gasteiger partial charge in [0.2, 0.25) is 0 Å². The van der Waals surface area contributed by atoms with Crippen LogP contribution >= 0.6 is 15.9 Å². The third-order valence-electron chi connectivity index (χ3n) is 3.68. The number of carbonyl (C=O) groups is 1.